The van der Waals surface area contributed by atoms with E-state index in [-0.39, 0.29) is 5.56 Å². The van der Waals surface area contributed by atoms with Gasteiger partial charge in [-0.15, -0.1) is 0 Å². The Hall–Kier alpha value is -1.48. The van der Waals surface area contributed by atoms with E-state index in [2.05, 4.69) is 4.98 Å². The Morgan fingerprint density at radius 2 is 2.21 bits per heavy atom. The van der Waals surface area contributed by atoms with Crippen LogP contribution >= 0.6 is 11.6 Å². The first-order chi connectivity index (χ1) is 6.59. The fraction of sp³-hybridized carbons (Fsp3) is 0.100. The van der Waals surface area contributed by atoms with Gasteiger partial charge in [0.15, 0.2) is 0 Å². The summed E-state index contributed by atoms with van der Waals surface area (Å²) >= 11 is 5.97. The quantitative estimate of drug-likeness (QED) is 0.759. The number of aryl methyl sites for hydroxylation is 1. The van der Waals surface area contributed by atoms with E-state index in [1.807, 2.05) is 13.0 Å². The molecule has 1 aromatic carbocycles. The Labute approximate surface area is 85.3 Å². The molecule has 1 heterocycles. The fourth-order valence-corrected chi connectivity index (χ4v) is 1.90. The molecule has 0 saturated heterocycles. The smallest absolute Gasteiger partial charge is 0.337 e. The summed E-state index contributed by atoms with van der Waals surface area (Å²) in [5.41, 5.74) is 1.97. The highest BCUT2D eigenvalue weighted by atomic mass is 35.5. The Morgan fingerprint density at radius 3 is 2.86 bits per heavy atom. The van der Waals surface area contributed by atoms with Crippen LogP contribution in [-0.4, -0.2) is 16.1 Å². The van der Waals surface area contributed by atoms with Gasteiger partial charge in [0.1, 0.15) is 0 Å². The maximum atomic E-state index is 10.8. The van der Waals surface area contributed by atoms with E-state index in [0.29, 0.717) is 10.4 Å². The molecule has 4 heteroatoms. The van der Waals surface area contributed by atoms with E-state index in [9.17, 15) is 4.79 Å². The monoisotopic (exact) mass is 209 g/mol. The van der Waals surface area contributed by atoms with Crippen LogP contribution in [0.2, 0.25) is 5.02 Å². The lowest BCUT2D eigenvalue weighted by Gasteiger charge is -1.98. The van der Waals surface area contributed by atoms with E-state index in [1.54, 1.807) is 6.07 Å². The number of hydrogen-bond donors (Lipinski definition) is 2. The first kappa shape index (κ1) is 9.09. The van der Waals surface area contributed by atoms with Crippen molar-refractivity contribution in [1.29, 1.82) is 0 Å². The van der Waals surface area contributed by atoms with E-state index < -0.39 is 5.97 Å². The van der Waals surface area contributed by atoms with Crippen molar-refractivity contribution < 1.29 is 9.90 Å². The molecule has 14 heavy (non-hydrogen) atoms. The van der Waals surface area contributed by atoms with Gasteiger partial charge in [-0.25, -0.2) is 4.79 Å². The molecule has 0 atom stereocenters. The molecule has 0 aliphatic heterocycles. The zero-order valence-corrected chi connectivity index (χ0v) is 8.22. The van der Waals surface area contributed by atoms with Gasteiger partial charge in [0.05, 0.1) is 10.6 Å². The first-order valence-electron chi connectivity index (χ1n) is 4.10. The molecule has 2 rings (SSSR count). The topological polar surface area (TPSA) is 53.1 Å². The van der Waals surface area contributed by atoms with Crippen molar-refractivity contribution in [3.8, 4) is 0 Å². The third-order valence-corrected chi connectivity index (χ3v) is 2.40. The molecule has 0 aliphatic rings. The number of nitrogens with one attached hydrogen (secondary N) is 1. The highest BCUT2D eigenvalue weighted by Crippen LogP contribution is 2.28. The van der Waals surface area contributed by atoms with Crippen LogP contribution in [0.5, 0.6) is 0 Å². The van der Waals surface area contributed by atoms with Crippen LogP contribution in [0.3, 0.4) is 0 Å². The molecule has 0 spiro atoms. The van der Waals surface area contributed by atoms with Crippen LogP contribution in [0.1, 0.15) is 15.9 Å². The van der Waals surface area contributed by atoms with E-state index in [1.165, 1.54) is 6.20 Å². The lowest BCUT2D eigenvalue weighted by Crippen LogP contribution is -1.93. The number of carboxylic acid groups (broad SMARTS) is 1. The normalized spacial score (nSPS) is 10.7. The van der Waals surface area contributed by atoms with Gasteiger partial charge in [0.25, 0.3) is 0 Å². The van der Waals surface area contributed by atoms with Gasteiger partial charge in [-0.05, 0) is 24.6 Å². The van der Waals surface area contributed by atoms with Crippen LogP contribution in [-0.2, 0) is 0 Å². The molecule has 0 fully saturated rings. The summed E-state index contributed by atoms with van der Waals surface area (Å²) in [6.45, 7) is 1.91. The van der Waals surface area contributed by atoms with Crippen LogP contribution < -0.4 is 0 Å². The summed E-state index contributed by atoms with van der Waals surface area (Å²) in [5, 5.41) is 9.93. The highest BCUT2D eigenvalue weighted by Gasteiger charge is 2.13. The number of halogens is 1. The number of aromatic amines is 1. The van der Waals surface area contributed by atoms with E-state index in [0.717, 1.165) is 11.1 Å². The Kier molecular flexibility index (Phi) is 1.97. The SMILES string of the molecule is Cc1cc(Cl)c2c(C(=O)O)c[nH]c2c1. The maximum Gasteiger partial charge on any atom is 0.337 e. The van der Waals surface area contributed by atoms with Crippen molar-refractivity contribution in [3.05, 3.63) is 34.5 Å². The predicted molar refractivity (Wildman–Crippen MR) is 55.0 cm³/mol. The third kappa shape index (κ3) is 1.26. The van der Waals surface area contributed by atoms with Gasteiger partial charge in [-0.1, -0.05) is 11.6 Å². The molecule has 72 valence electrons. The zero-order valence-electron chi connectivity index (χ0n) is 7.47. The second-order valence-corrected chi connectivity index (χ2v) is 3.58. The van der Waals surface area contributed by atoms with Crippen LogP contribution in [0.25, 0.3) is 10.9 Å². The number of fused-ring (bicyclic) bond motifs is 1. The summed E-state index contributed by atoms with van der Waals surface area (Å²) in [6.07, 6.45) is 1.46. The number of carboxylic acids is 1. The number of aromatic nitrogens is 1. The molecular weight excluding hydrogens is 202 g/mol. The van der Waals surface area contributed by atoms with Gasteiger partial charge in [0, 0.05) is 17.1 Å². The summed E-state index contributed by atoms with van der Waals surface area (Å²) in [4.78, 5) is 13.7. The Balaban J connectivity index is 2.85. The van der Waals surface area contributed by atoms with E-state index >= 15 is 0 Å². The number of aromatic carboxylic acids is 1. The Morgan fingerprint density at radius 1 is 1.50 bits per heavy atom. The zero-order chi connectivity index (χ0) is 10.3. The Bertz CT molecular complexity index is 516. The third-order valence-electron chi connectivity index (χ3n) is 2.11. The summed E-state index contributed by atoms with van der Waals surface area (Å²) in [6, 6.07) is 3.62. The number of hydrogen-bond acceptors (Lipinski definition) is 1. The average Bonchev–Trinajstić information content (AvgIpc) is 2.47. The lowest BCUT2D eigenvalue weighted by atomic mass is 10.1. The number of carbonyl (C=O) groups is 1. The van der Waals surface area contributed by atoms with Crippen molar-refractivity contribution >= 4 is 28.5 Å². The molecular formula is C10H8ClNO2. The van der Waals surface area contributed by atoms with Gasteiger partial charge >= 0.3 is 5.97 Å². The molecule has 3 nitrogen and oxygen atoms in total. The van der Waals surface area contributed by atoms with E-state index in [4.69, 9.17) is 16.7 Å². The number of H-pyrrole nitrogens is 1. The summed E-state index contributed by atoms with van der Waals surface area (Å²) in [5.74, 6) is -0.970. The molecule has 2 aromatic rings. The minimum absolute atomic E-state index is 0.213. The maximum absolute atomic E-state index is 10.8. The second-order valence-electron chi connectivity index (χ2n) is 3.18. The van der Waals surface area contributed by atoms with Gasteiger partial charge in [-0.2, -0.15) is 0 Å². The van der Waals surface area contributed by atoms with Crippen molar-refractivity contribution in [2.45, 2.75) is 6.92 Å². The van der Waals surface area contributed by atoms with Crippen molar-refractivity contribution in [2.75, 3.05) is 0 Å². The largest absolute Gasteiger partial charge is 0.478 e. The van der Waals surface area contributed by atoms with Crippen LogP contribution in [0.4, 0.5) is 0 Å². The number of rotatable bonds is 1. The van der Waals surface area contributed by atoms with Gasteiger partial charge < -0.3 is 10.1 Å². The first-order valence-corrected chi connectivity index (χ1v) is 4.48. The molecule has 0 aliphatic carbocycles. The molecule has 0 amide bonds. The lowest BCUT2D eigenvalue weighted by molar-refractivity contribution is 0.0699. The summed E-state index contributed by atoms with van der Waals surface area (Å²) < 4.78 is 0. The van der Waals surface area contributed by atoms with Crippen molar-refractivity contribution in [2.24, 2.45) is 0 Å². The summed E-state index contributed by atoms with van der Waals surface area (Å²) in [7, 11) is 0. The van der Waals surface area contributed by atoms with Gasteiger partial charge in [0.2, 0.25) is 0 Å². The molecule has 0 unspecified atom stereocenters. The minimum atomic E-state index is -0.970. The van der Waals surface area contributed by atoms with Gasteiger partial charge in [-0.3, -0.25) is 0 Å². The van der Waals surface area contributed by atoms with Crippen molar-refractivity contribution in [3.63, 3.8) is 0 Å². The fourth-order valence-electron chi connectivity index (χ4n) is 1.52. The highest BCUT2D eigenvalue weighted by molar-refractivity contribution is 6.36. The molecule has 2 N–H and O–H groups in total. The predicted octanol–water partition coefficient (Wildman–Crippen LogP) is 2.83. The second kappa shape index (κ2) is 3.03. The molecule has 0 bridgehead atoms. The standard InChI is InChI=1S/C10H8ClNO2/c1-5-2-7(11)9-6(10(13)14)4-12-8(9)3-5/h2-4,12H,1H3,(H,13,14). The molecule has 0 saturated carbocycles. The molecule has 1 aromatic heterocycles. The minimum Gasteiger partial charge on any atom is -0.478 e. The molecule has 0 radical (unpaired) electrons. The van der Waals surface area contributed by atoms with Crippen LogP contribution in [0.15, 0.2) is 18.3 Å². The van der Waals surface area contributed by atoms with Crippen molar-refractivity contribution in [1.82, 2.24) is 4.98 Å². The number of benzene rings is 1. The van der Waals surface area contributed by atoms with Crippen LogP contribution in [0, 0.1) is 6.92 Å². The average molecular weight is 210 g/mol.